The molecule has 2 amide bonds. The van der Waals surface area contributed by atoms with Crippen LogP contribution in [0, 0.1) is 0 Å². The monoisotopic (exact) mass is 521 g/mol. The largest absolute Gasteiger partial charge is 0.451 e. The molecule has 3 heterocycles. The molecule has 2 saturated heterocycles. The third-order valence-electron chi connectivity index (χ3n) is 7.84. The summed E-state index contributed by atoms with van der Waals surface area (Å²) in [5.74, 6) is -0.392. The Morgan fingerprint density at radius 2 is 1.64 bits per heavy atom. The van der Waals surface area contributed by atoms with Gasteiger partial charge in [0.2, 0.25) is 0 Å². The van der Waals surface area contributed by atoms with Gasteiger partial charge in [0.25, 0.3) is 5.91 Å². The highest BCUT2D eigenvalue weighted by Gasteiger charge is 2.42. The zero-order valence-corrected chi connectivity index (χ0v) is 22.1. The molecule has 0 saturated carbocycles. The summed E-state index contributed by atoms with van der Waals surface area (Å²) in [6, 6.07) is 27.6. The molecule has 0 aliphatic carbocycles. The fourth-order valence-electron chi connectivity index (χ4n) is 5.89. The first-order valence-electron chi connectivity index (χ1n) is 13.2. The molecule has 3 aromatic carbocycles. The summed E-state index contributed by atoms with van der Waals surface area (Å²) in [6.45, 7) is 2.54. The van der Waals surface area contributed by atoms with Gasteiger partial charge in [-0.15, -0.1) is 0 Å². The minimum Gasteiger partial charge on any atom is -0.451 e. The molecule has 2 fully saturated rings. The van der Waals surface area contributed by atoms with Gasteiger partial charge in [-0.05, 0) is 31.7 Å². The standard InChI is InChI=1S/C31H31N5O3/c1-34-18-24-17-23(34)19-35(24)20-26-28(30(37)33-36(31(38)39-2)22-13-7-4-8-14-22)25-15-9-10-16-27(25)32-29(26)21-11-5-3-6-12-21/h3-16,23-24H,17-20H2,1-2H3,(H,33,37). The summed E-state index contributed by atoms with van der Waals surface area (Å²) in [7, 11) is 3.48. The fourth-order valence-corrected chi connectivity index (χ4v) is 5.89. The van der Waals surface area contributed by atoms with Gasteiger partial charge >= 0.3 is 6.09 Å². The van der Waals surface area contributed by atoms with Gasteiger partial charge in [0.1, 0.15) is 0 Å². The van der Waals surface area contributed by atoms with Crippen LogP contribution < -0.4 is 10.4 Å². The average molecular weight is 522 g/mol. The molecule has 1 aromatic heterocycles. The normalized spacial score (nSPS) is 18.8. The van der Waals surface area contributed by atoms with E-state index in [1.165, 1.54) is 7.11 Å². The molecule has 1 N–H and O–H groups in total. The first kappa shape index (κ1) is 25.0. The van der Waals surface area contributed by atoms with E-state index in [4.69, 9.17) is 9.72 Å². The number of likely N-dealkylation sites (N-methyl/N-ethyl adjacent to an activating group) is 1. The Hall–Kier alpha value is -4.27. The number of likely N-dealkylation sites (tertiary alicyclic amines) is 2. The van der Waals surface area contributed by atoms with Crippen LogP contribution in [0.1, 0.15) is 22.3 Å². The Balaban J connectivity index is 1.49. The van der Waals surface area contributed by atoms with E-state index in [9.17, 15) is 9.59 Å². The van der Waals surface area contributed by atoms with Crippen molar-refractivity contribution in [1.82, 2.24) is 20.2 Å². The van der Waals surface area contributed by atoms with Crippen molar-refractivity contribution >= 4 is 28.6 Å². The maximum Gasteiger partial charge on any atom is 0.433 e. The van der Waals surface area contributed by atoms with Gasteiger partial charge in [-0.1, -0.05) is 66.7 Å². The molecule has 0 spiro atoms. The number of methoxy groups -OCH3 is 1. The predicted molar refractivity (Wildman–Crippen MR) is 151 cm³/mol. The van der Waals surface area contributed by atoms with Gasteiger partial charge in [-0.25, -0.2) is 9.78 Å². The van der Waals surface area contributed by atoms with Crippen LogP contribution in [0.4, 0.5) is 10.5 Å². The molecule has 2 atom stereocenters. The lowest BCUT2D eigenvalue weighted by Crippen LogP contribution is -2.47. The van der Waals surface area contributed by atoms with E-state index in [1.807, 2.05) is 60.7 Å². The van der Waals surface area contributed by atoms with Crippen molar-refractivity contribution in [3.63, 3.8) is 0 Å². The number of hydrogen-bond donors (Lipinski definition) is 1. The quantitative estimate of drug-likeness (QED) is 0.384. The number of amides is 2. The maximum absolute atomic E-state index is 14.2. The van der Waals surface area contributed by atoms with Gasteiger partial charge in [-0.2, -0.15) is 5.01 Å². The number of carbonyl (C=O) groups excluding carboxylic acids is 2. The Morgan fingerprint density at radius 3 is 2.31 bits per heavy atom. The zero-order valence-electron chi connectivity index (χ0n) is 22.1. The van der Waals surface area contributed by atoms with E-state index in [0.29, 0.717) is 29.9 Å². The second kappa shape index (κ2) is 10.5. The first-order chi connectivity index (χ1) is 19.0. The molecular formula is C31H31N5O3. The van der Waals surface area contributed by atoms with Crippen LogP contribution in [0.5, 0.6) is 0 Å². The number of anilines is 1. The van der Waals surface area contributed by atoms with Crippen molar-refractivity contribution in [2.45, 2.75) is 25.0 Å². The second-order valence-corrected chi connectivity index (χ2v) is 10.2. The molecule has 2 aliphatic heterocycles. The number of carbonyl (C=O) groups is 2. The number of ether oxygens (including phenoxy) is 1. The number of nitrogens with zero attached hydrogens (tertiary/aromatic N) is 4. The summed E-state index contributed by atoms with van der Waals surface area (Å²) < 4.78 is 5.01. The van der Waals surface area contributed by atoms with Gasteiger partial charge in [-0.3, -0.25) is 15.1 Å². The van der Waals surface area contributed by atoms with E-state index >= 15 is 0 Å². The van der Waals surface area contributed by atoms with Gasteiger partial charge in [0.05, 0.1) is 29.6 Å². The topological polar surface area (TPSA) is 78.0 Å². The molecule has 2 aliphatic rings. The van der Waals surface area contributed by atoms with Crippen molar-refractivity contribution in [3.05, 3.63) is 96.1 Å². The molecule has 39 heavy (non-hydrogen) atoms. The number of piperazine rings is 1. The van der Waals surface area contributed by atoms with Crippen molar-refractivity contribution in [1.29, 1.82) is 0 Å². The lowest BCUT2D eigenvalue weighted by Gasteiger charge is -2.33. The van der Waals surface area contributed by atoms with Crippen molar-refractivity contribution in [3.8, 4) is 11.3 Å². The number of benzene rings is 3. The fraction of sp³-hybridized carbons (Fsp3) is 0.258. The van der Waals surface area contributed by atoms with Gasteiger partial charge < -0.3 is 9.64 Å². The highest BCUT2D eigenvalue weighted by atomic mass is 16.5. The summed E-state index contributed by atoms with van der Waals surface area (Å²) in [5, 5.41) is 1.89. The molecule has 0 radical (unpaired) electrons. The van der Waals surface area contributed by atoms with Crippen molar-refractivity contribution in [2.24, 2.45) is 0 Å². The number of hydrogen-bond acceptors (Lipinski definition) is 6. The number of aromatic nitrogens is 1. The van der Waals surface area contributed by atoms with Crippen LogP contribution >= 0.6 is 0 Å². The van der Waals surface area contributed by atoms with Crippen LogP contribution in [-0.2, 0) is 11.3 Å². The van der Waals surface area contributed by atoms with E-state index in [2.05, 4.69) is 22.3 Å². The SMILES string of the molecule is COC(=O)N(NC(=O)c1c(CN2CC3CC2CN3C)c(-c2ccccc2)nc2ccccc12)c1ccccc1. The summed E-state index contributed by atoms with van der Waals surface area (Å²) in [5.41, 5.74) is 7.15. The molecular weight excluding hydrogens is 490 g/mol. The van der Waals surface area contributed by atoms with Crippen LogP contribution in [0.2, 0.25) is 0 Å². The highest BCUT2D eigenvalue weighted by Crippen LogP contribution is 2.36. The Bertz CT molecular complexity index is 1510. The maximum atomic E-state index is 14.2. The number of hydrazine groups is 1. The van der Waals surface area contributed by atoms with Crippen LogP contribution in [0.3, 0.4) is 0 Å². The molecule has 2 unspecified atom stereocenters. The van der Waals surface area contributed by atoms with Crippen LogP contribution in [0.15, 0.2) is 84.9 Å². The number of pyridine rings is 1. The first-order valence-corrected chi connectivity index (χ1v) is 13.2. The highest BCUT2D eigenvalue weighted by molar-refractivity contribution is 6.10. The van der Waals surface area contributed by atoms with Crippen LogP contribution in [-0.4, -0.2) is 66.1 Å². The van der Waals surface area contributed by atoms with Crippen molar-refractivity contribution in [2.75, 3.05) is 32.3 Å². The Morgan fingerprint density at radius 1 is 0.949 bits per heavy atom. The summed E-state index contributed by atoms with van der Waals surface area (Å²) in [6.07, 6.45) is 0.446. The molecule has 8 heteroatoms. The second-order valence-electron chi connectivity index (χ2n) is 10.2. The molecule has 8 nitrogen and oxygen atoms in total. The average Bonchev–Trinajstić information content (AvgIpc) is 3.55. The van der Waals surface area contributed by atoms with E-state index in [0.717, 1.165) is 52.2 Å². The molecule has 198 valence electrons. The third-order valence-corrected chi connectivity index (χ3v) is 7.84. The Kier molecular flexibility index (Phi) is 6.72. The summed E-state index contributed by atoms with van der Waals surface area (Å²) in [4.78, 5) is 37.0. The predicted octanol–water partition coefficient (Wildman–Crippen LogP) is 4.71. The van der Waals surface area contributed by atoms with Crippen molar-refractivity contribution < 1.29 is 14.3 Å². The van der Waals surface area contributed by atoms with Gasteiger partial charge in [0, 0.05) is 48.2 Å². The number of fused-ring (bicyclic) bond motifs is 3. The van der Waals surface area contributed by atoms with E-state index in [-0.39, 0.29) is 0 Å². The Labute approximate surface area is 227 Å². The molecule has 6 rings (SSSR count). The smallest absolute Gasteiger partial charge is 0.433 e. The van der Waals surface area contributed by atoms with Crippen LogP contribution in [0.25, 0.3) is 22.2 Å². The molecule has 2 bridgehead atoms. The van der Waals surface area contributed by atoms with E-state index in [1.54, 1.807) is 24.3 Å². The number of rotatable bonds is 5. The zero-order chi connectivity index (χ0) is 26.9. The molecule has 4 aromatic rings. The third kappa shape index (κ3) is 4.73. The summed E-state index contributed by atoms with van der Waals surface area (Å²) >= 11 is 0. The minimum absolute atomic E-state index is 0.392. The lowest BCUT2D eigenvalue weighted by atomic mass is 9.95. The minimum atomic E-state index is -0.683. The number of para-hydroxylation sites is 2. The lowest BCUT2D eigenvalue weighted by molar-refractivity contribution is 0.0938. The van der Waals surface area contributed by atoms with Gasteiger partial charge in [0.15, 0.2) is 0 Å². The van der Waals surface area contributed by atoms with E-state index < -0.39 is 12.0 Å². The number of nitrogens with one attached hydrogen (secondary N) is 1.